The SMILES string of the molecule is Cc1nc(C)c2c(n1)oc1c(Br)cccc12. The van der Waals surface area contributed by atoms with Crippen molar-refractivity contribution in [2.24, 2.45) is 0 Å². The molecule has 2 aromatic heterocycles. The lowest BCUT2D eigenvalue weighted by atomic mass is 10.2. The van der Waals surface area contributed by atoms with E-state index in [-0.39, 0.29) is 0 Å². The largest absolute Gasteiger partial charge is 0.436 e. The van der Waals surface area contributed by atoms with Crippen LogP contribution in [0.2, 0.25) is 0 Å². The van der Waals surface area contributed by atoms with E-state index in [0.29, 0.717) is 5.71 Å². The van der Waals surface area contributed by atoms with Crippen molar-refractivity contribution >= 4 is 38.0 Å². The van der Waals surface area contributed by atoms with Crippen LogP contribution in [-0.4, -0.2) is 9.97 Å². The maximum Gasteiger partial charge on any atom is 0.230 e. The van der Waals surface area contributed by atoms with Crippen molar-refractivity contribution in [3.63, 3.8) is 0 Å². The van der Waals surface area contributed by atoms with Crippen LogP contribution >= 0.6 is 15.9 Å². The molecule has 4 heteroatoms. The summed E-state index contributed by atoms with van der Waals surface area (Å²) in [4.78, 5) is 8.68. The lowest BCUT2D eigenvalue weighted by Crippen LogP contribution is -1.90. The summed E-state index contributed by atoms with van der Waals surface area (Å²) in [6.07, 6.45) is 0. The van der Waals surface area contributed by atoms with E-state index in [9.17, 15) is 0 Å². The second kappa shape index (κ2) is 3.28. The predicted octanol–water partition coefficient (Wildman–Crippen LogP) is 3.76. The lowest BCUT2D eigenvalue weighted by Gasteiger charge is -1.95. The lowest BCUT2D eigenvalue weighted by molar-refractivity contribution is 0.648. The highest BCUT2D eigenvalue weighted by Gasteiger charge is 2.13. The molecule has 3 nitrogen and oxygen atoms in total. The number of benzene rings is 1. The molecule has 0 radical (unpaired) electrons. The molecule has 0 spiro atoms. The zero-order valence-electron chi connectivity index (χ0n) is 8.91. The van der Waals surface area contributed by atoms with Crippen LogP contribution in [0.25, 0.3) is 22.1 Å². The van der Waals surface area contributed by atoms with Crippen LogP contribution < -0.4 is 0 Å². The van der Waals surface area contributed by atoms with Gasteiger partial charge in [-0.05, 0) is 35.8 Å². The van der Waals surface area contributed by atoms with E-state index < -0.39 is 0 Å². The number of hydrogen-bond donors (Lipinski definition) is 0. The van der Waals surface area contributed by atoms with E-state index in [1.54, 1.807) is 0 Å². The molecule has 1 aromatic carbocycles. The Morgan fingerprint density at radius 2 is 2.00 bits per heavy atom. The summed E-state index contributed by atoms with van der Waals surface area (Å²) in [5.41, 5.74) is 2.45. The number of nitrogens with zero attached hydrogens (tertiary/aromatic N) is 2. The number of fused-ring (bicyclic) bond motifs is 3. The molecule has 0 unspecified atom stereocenters. The zero-order valence-corrected chi connectivity index (χ0v) is 10.5. The maximum atomic E-state index is 5.75. The van der Waals surface area contributed by atoms with Gasteiger partial charge in [0.2, 0.25) is 5.71 Å². The molecule has 2 heterocycles. The highest BCUT2D eigenvalue weighted by atomic mass is 79.9. The molecule has 0 amide bonds. The molecule has 0 saturated carbocycles. The topological polar surface area (TPSA) is 38.9 Å². The molecule has 0 aliphatic carbocycles. The fourth-order valence-corrected chi connectivity index (χ4v) is 2.42. The molecule has 0 fully saturated rings. The summed E-state index contributed by atoms with van der Waals surface area (Å²) < 4.78 is 6.69. The minimum atomic E-state index is 0.659. The quantitative estimate of drug-likeness (QED) is 0.628. The van der Waals surface area contributed by atoms with E-state index in [4.69, 9.17) is 4.42 Å². The Hall–Kier alpha value is -1.42. The molecule has 3 rings (SSSR count). The van der Waals surface area contributed by atoms with Crippen molar-refractivity contribution in [2.75, 3.05) is 0 Å². The Kier molecular flexibility index (Phi) is 2.01. The van der Waals surface area contributed by atoms with Crippen molar-refractivity contribution in [1.29, 1.82) is 0 Å². The van der Waals surface area contributed by atoms with Gasteiger partial charge in [-0.25, -0.2) is 4.98 Å². The number of para-hydroxylation sites is 1. The third kappa shape index (κ3) is 1.26. The van der Waals surface area contributed by atoms with E-state index >= 15 is 0 Å². The first-order valence-corrected chi connectivity index (χ1v) is 5.78. The summed E-state index contributed by atoms with van der Waals surface area (Å²) in [6, 6.07) is 5.97. The Labute approximate surface area is 101 Å². The molecular formula is C12H9BrN2O. The normalized spacial score (nSPS) is 11.4. The van der Waals surface area contributed by atoms with Crippen LogP contribution in [0, 0.1) is 13.8 Å². The van der Waals surface area contributed by atoms with Gasteiger partial charge in [0, 0.05) is 5.39 Å². The molecule has 0 aliphatic heterocycles. The molecule has 0 saturated heterocycles. The van der Waals surface area contributed by atoms with Gasteiger partial charge in [-0.3, -0.25) is 0 Å². The van der Waals surface area contributed by atoms with Gasteiger partial charge < -0.3 is 4.42 Å². The minimum Gasteiger partial charge on any atom is -0.436 e. The number of furan rings is 1. The monoisotopic (exact) mass is 276 g/mol. The fraction of sp³-hybridized carbons (Fsp3) is 0.167. The van der Waals surface area contributed by atoms with Crippen molar-refractivity contribution in [1.82, 2.24) is 9.97 Å². The standard InChI is InChI=1S/C12H9BrN2O/c1-6-10-8-4-3-5-9(13)11(8)16-12(10)15-7(2)14-6/h3-5H,1-2H3. The average Bonchev–Trinajstić information content (AvgIpc) is 2.57. The van der Waals surface area contributed by atoms with Crippen LogP contribution in [0.3, 0.4) is 0 Å². The number of aryl methyl sites for hydroxylation is 2. The Morgan fingerprint density at radius 3 is 2.81 bits per heavy atom. The molecule has 80 valence electrons. The van der Waals surface area contributed by atoms with Crippen molar-refractivity contribution in [3.05, 3.63) is 34.2 Å². The van der Waals surface area contributed by atoms with Gasteiger partial charge in [0.1, 0.15) is 5.82 Å². The second-order valence-corrected chi connectivity index (χ2v) is 4.61. The summed E-state index contributed by atoms with van der Waals surface area (Å²) in [5, 5.41) is 2.06. The van der Waals surface area contributed by atoms with Gasteiger partial charge in [-0.2, -0.15) is 4.98 Å². The Morgan fingerprint density at radius 1 is 1.19 bits per heavy atom. The highest BCUT2D eigenvalue weighted by Crippen LogP contribution is 2.33. The van der Waals surface area contributed by atoms with E-state index in [1.165, 1.54) is 0 Å². The Balaban J connectivity index is 2.61. The maximum absolute atomic E-state index is 5.75. The van der Waals surface area contributed by atoms with Gasteiger partial charge in [0.25, 0.3) is 0 Å². The van der Waals surface area contributed by atoms with Gasteiger partial charge in [0.05, 0.1) is 15.6 Å². The third-order valence-electron chi connectivity index (χ3n) is 2.60. The van der Waals surface area contributed by atoms with Crippen LogP contribution in [0.5, 0.6) is 0 Å². The van der Waals surface area contributed by atoms with Crippen LogP contribution in [0.15, 0.2) is 27.1 Å². The first-order chi connectivity index (χ1) is 7.66. The molecular weight excluding hydrogens is 268 g/mol. The summed E-state index contributed by atoms with van der Waals surface area (Å²) >= 11 is 3.48. The van der Waals surface area contributed by atoms with Gasteiger partial charge in [-0.15, -0.1) is 0 Å². The number of aromatic nitrogens is 2. The molecule has 0 atom stereocenters. The van der Waals surface area contributed by atoms with E-state index in [1.807, 2.05) is 32.0 Å². The molecule has 0 N–H and O–H groups in total. The molecule has 16 heavy (non-hydrogen) atoms. The van der Waals surface area contributed by atoms with Crippen LogP contribution in [0.4, 0.5) is 0 Å². The first-order valence-electron chi connectivity index (χ1n) is 4.99. The van der Waals surface area contributed by atoms with Crippen molar-refractivity contribution in [2.45, 2.75) is 13.8 Å². The van der Waals surface area contributed by atoms with E-state index in [2.05, 4.69) is 25.9 Å². The third-order valence-corrected chi connectivity index (χ3v) is 3.23. The summed E-state index contributed by atoms with van der Waals surface area (Å²) in [5.74, 6) is 0.736. The van der Waals surface area contributed by atoms with Gasteiger partial charge in [-0.1, -0.05) is 12.1 Å². The number of rotatable bonds is 0. The number of hydrogen-bond acceptors (Lipinski definition) is 3. The first kappa shape index (κ1) is 9.78. The summed E-state index contributed by atoms with van der Waals surface area (Å²) in [6.45, 7) is 3.85. The van der Waals surface area contributed by atoms with Crippen molar-refractivity contribution < 1.29 is 4.42 Å². The second-order valence-electron chi connectivity index (χ2n) is 3.75. The van der Waals surface area contributed by atoms with Crippen LogP contribution in [0.1, 0.15) is 11.5 Å². The average molecular weight is 277 g/mol. The fourth-order valence-electron chi connectivity index (χ4n) is 1.97. The molecule has 0 aliphatic rings. The van der Waals surface area contributed by atoms with E-state index in [0.717, 1.165) is 32.3 Å². The van der Waals surface area contributed by atoms with Crippen LogP contribution in [-0.2, 0) is 0 Å². The molecule has 3 aromatic rings. The molecule has 0 bridgehead atoms. The minimum absolute atomic E-state index is 0.659. The summed E-state index contributed by atoms with van der Waals surface area (Å²) in [7, 11) is 0. The van der Waals surface area contributed by atoms with Gasteiger partial charge >= 0.3 is 0 Å². The zero-order chi connectivity index (χ0) is 11.3. The number of halogens is 1. The predicted molar refractivity (Wildman–Crippen MR) is 66.5 cm³/mol. The highest BCUT2D eigenvalue weighted by molar-refractivity contribution is 9.10. The van der Waals surface area contributed by atoms with Gasteiger partial charge in [0.15, 0.2) is 5.58 Å². The smallest absolute Gasteiger partial charge is 0.230 e. The van der Waals surface area contributed by atoms with Crippen molar-refractivity contribution in [3.8, 4) is 0 Å². The Bertz CT molecular complexity index is 703.